The molecule has 0 spiro atoms. The highest BCUT2D eigenvalue weighted by atomic mass is 35.5. The van der Waals surface area contributed by atoms with E-state index in [-0.39, 0.29) is 5.91 Å². The highest BCUT2D eigenvalue weighted by Gasteiger charge is 2.05. The van der Waals surface area contributed by atoms with Crippen LogP contribution in [0, 0.1) is 0 Å². The minimum atomic E-state index is -0.454. The van der Waals surface area contributed by atoms with Gasteiger partial charge < -0.3 is 11.1 Å². The summed E-state index contributed by atoms with van der Waals surface area (Å²) in [6.07, 6.45) is 0.763. The van der Waals surface area contributed by atoms with Crippen LogP contribution in [0.2, 0.25) is 5.02 Å². The predicted octanol–water partition coefficient (Wildman–Crippen LogP) is 1.35. The zero-order valence-electron chi connectivity index (χ0n) is 8.66. The lowest BCUT2D eigenvalue weighted by atomic mass is 10.1. The smallest absolute Gasteiger partial charge is 0.236 e. The maximum Gasteiger partial charge on any atom is 0.236 e. The molecule has 0 saturated carbocycles. The topological polar surface area (TPSA) is 55.1 Å². The number of carbonyl (C=O) groups excluding carboxylic acids is 1. The molecule has 1 atom stereocenters. The fourth-order valence-electron chi connectivity index (χ4n) is 1.18. The summed E-state index contributed by atoms with van der Waals surface area (Å²) in [4.78, 5) is 11.1. The van der Waals surface area contributed by atoms with E-state index in [1.807, 2.05) is 24.3 Å². The van der Waals surface area contributed by atoms with Crippen molar-refractivity contribution >= 4 is 17.5 Å². The molecule has 0 aliphatic heterocycles. The molecule has 0 saturated heterocycles. The number of nitrogens with one attached hydrogen (secondary N) is 1. The molecule has 4 heteroatoms. The van der Waals surface area contributed by atoms with Gasteiger partial charge in [0.2, 0.25) is 5.91 Å². The molecule has 0 fully saturated rings. The lowest BCUT2D eigenvalue weighted by Crippen LogP contribution is -2.39. The first-order valence-electron chi connectivity index (χ1n) is 4.87. The van der Waals surface area contributed by atoms with E-state index in [0.717, 1.165) is 12.0 Å². The van der Waals surface area contributed by atoms with Gasteiger partial charge in [-0.15, -0.1) is 0 Å². The average molecular weight is 227 g/mol. The molecule has 0 bridgehead atoms. The zero-order chi connectivity index (χ0) is 11.3. The van der Waals surface area contributed by atoms with Gasteiger partial charge in [-0.25, -0.2) is 0 Å². The van der Waals surface area contributed by atoms with Gasteiger partial charge >= 0.3 is 0 Å². The van der Waals surface area contributed by atoms with E-state index >= 15 is 0 Å². The second kappa shape index (κ2) is 5.73. The third-order valence-electron chi connectivity index (χ3n) is 2.02. The number of halogens is 1. The monoisotopic (exact) mass is 226 g/mol. The van der Waals surface area contributed by atoms with E-state index < -0.39 is 6.04 Å². The lowest BCUT2D eigenvalue weighted by Gasteiger charge is -2.07. The van der Waals surface area contributed by atoms with Gasteiger partial charge in [0.05, 0.1) is 6.04 Å². The number of carbonyl (C=O) groups is 1. The van der Waals surface area contributed by atoms with Gasteiger partial charge in [0.15, 0.2) is 0 Å². The van der Waals surface area contributed by atoms with Crippen molar-refractivity contribution in [2.24, 2.45) is 5.73 Å². The lowest BCUT2D eigenvalue weighted by molar-refractivity contribution is -0.121. The van der Waals surface area contributed by atoms with Crippen LogP contribution >= 0.6 is 11.6 Å². The van der Waals surface area contributed by atoms with Crippen molar-refractivity contribution in [1.82, 2.24) is 5.32 Å². The molecule has 3 N–H and O–H groups in total. The summed E-state index contributed by atoms with van der Waals surface area (Å²) in [6, 6.07) is 7.13. The molecule has 0 unspecified atom stereocenters. The van der Waals surface area contributed by atoms with Crippen molar-refractivity contribution in [3.8, 4) is 0 Å². The van der Waals surface area contributed by atoms with Gasteiger partial charge in [-0.1, -0.05) is 23.7 Å². The Morgan fingerprint density at radius 1 is 1.60 bits per heavy atom. The number of benzene rings is 1. The van der Waals surface area contributed by atoms with Gasteiger partial charge in [0, 0.05) is 11.6 Å². The van der Waals surface area contributed by atoms with Crippen molar-refractivity contribution in [1.29, 1.82) is 0 Å². The summed E-state index contributed by atoms with van der Waals surface area (Å²) < 4.78 is 0. The minimum absolute atomic E-state index is 0.128. The first-order chi connectivity index (χ1) is 7.09. The summed E-state index contributed by atoms with van der Waals surface area (Å²) in [6.45, 7) is 2.25. The van der Waals surface area contributed by atoms with Crippen molar-refractivity contribution in [2.75, 3.05) is 6.54 Å². The standard InChI is InChI=1S/C11H15ClN2O/c1-8(13)11(15)14-6-5-9-3-2-4-10(12)7-9/h2-4,7-8H,5-6,13H2,1H3,(H,14,15)/t8-/m1/s1. The second-order valence-corrected chi connectivity index (χ2v) is 3.90. The Balaban J connectivity index is 2.35. The van der Waals surface area contributed by atoms with Crippen molar-refractivity contribution in [2.45, 2.75) is 19.4 Å². The number of amides is 1. The molecule has 1 aromatic rings. The normalized spacial score (nSPS) is 12.2. The number of rotatable bonds is 4. The summed E-state index contributed by atoms with van der Waals surface area (Å²) in [5.41, 5.74) is 6.51. The Morgan fingerprint density at radius 2 is 2.33 bits per heavy atom. The Hall–Kier alpha value is -1.06. The van der Waals surface area contributed by atoms with Crippen LogP contribution in [0.25, 0.3) is 0 Å². The maximum atomic E-state index is 11.1. The minimum Gasteiger partial charge on any atom is -0.354 e. The Labute approximate surface area is 94.6 Å². The number of hydrogen-bond acceptors (Lipinski definition) is 2. The van der Waals surface area contributed by atoms with E-state index in [2.05, 4.69) is 5.32 Å². The molecule has 0 aliphatic rings. The fourth-order valence-corrected chi connectivity index (χ4v) is 1.40. The van der Waals surface area contributed by atoms with Crippen LogP contribution in [-0.4, -0.2) is 18.5 Å². The molecule has 82 valence electrons. The second-order valence-electron chi connectivity index (χ2n) is 3.46. The highest BCUT2D eigenvalue weighted by molar-refractivity contribution is 6.30. The summed E-state index contributed by atoms with van der Waals surface area (Å²) in [5.74, 6) is -0.128. The van der Waals surface area contributed by atoms with Crippen LogP contribution < -0.4 is 11.1 Å². The molecular weight excluding hydrogens is 212 g/mol. The van der Waals surface area contributed by atoms with E-state index in [1.54, 1.807) is 6.92 Å². The van der Waals surface area contributed by atoms with Crippen molar-refractivity contribution < 1.29 is 4.79 Å². The molecule has 0 aromatic heterocycles. The summed E-state index contributed by atoms with van der Waals surface area (Å²) >= 11 is 5.83. The van der Waals surface area contributed by atoms with Crippen LogP contribution in [0.5, 0.6) is 0 Å². The molecule has 15 heavy (non-hydrogen) atoms. The van der Waals surface area contributed by atoms with Gasteiger partial charge in [-0.2, -0.15) is 0 Å². The Bertz CT molecular complexity index is 339. The first kappa shape index (κ1) is 12.0. The first-order valence-corrected chi connectivity index (χ1v) is 5.25. The number of hydrogen-bond donors (Lipinski definition) is 2. The molecule has 0 radical (unpaired) electrons. The molecule has 3 nitrogen and oxygen atoms in total. The highest BCUT2D eigenvalue weighted by Crippen LogP contribution is 2.10. The Kier molecular flexibility index (Phi) is 4.59. The van der Waals surface area contributed by atoms with Gasteiger partial charge in [-0.3, -0.25) is 4.79 Å². The quantitative estimate of drug-likeness (QED) is 0.814. The summed E-state index contributed by atoms with van der Waals surface area (Å²) in [7, 11) is 0. The van der Waals surface area contributed by atoms with E-state index in [1.165, 1.54) is 0 Å². The van der Waals surface area contributed by atoms with Crippen LogP contribution in [-0.2, 0) is 11.2 Å². The third-order valence-corrected chi connectivity index (χ3v) is 2.25. The SMILES string of the molecule is C[C@@H](N)C(=O)NCCc1cccc(Cl)c1. The van der Waals surface area contributed by atoms with E-state index in [0.29, 0.717) is 11.6 Å². The zero-order valence-corrected chi connectivity index (χ0v) is 9.42. The molecular formula is C11H15ClN2O. The fraction of sp³-hybridized carbons (Fsp3) is 0.364. The van der Waals surface area contributed by atoms with Crippen LogP contribution in [0.4, 0.5) is 0 Å². The molecule has 1 amide bonds. The van der Waals surface area contributed by atoms with Crippen molar-refractivity contribution in [3.63, 3.8) is 0 Å². The van der Waals surface area contributed by atoms with Gasteiger partial charge in [0.1, 0.15) is 0 Å². The van der Waals surface area contributed by atoms with Gasteiger partial charge in [0.25, 0.3) is 0 Å². The van der Waals surface area contributed by atoms with Gasteiger partial charge in [-0.05, 0) is 31.0 Å². The van der Waals surface area contributed by atoms with Crippen LogP contribution in [0.3, 0.4) is 0 Å². The Morgan fingerprint density at radius 3 is 2.93 bits per heavy atom. The van der Waals surface area contributed by atoms with E-state index in [4.69, 9.17) is 17.3 Å². The third kappa shape index (κ3) is 4.32. The molecule has 0 heterocycles. The summed E-state index contributed by atoms with van der Waals surface area (Å²) in [5, 5.41) is 3.46. The van der Waals surface area contributed by atoms with E-state index in [9.17, 15) is 4.79 Å². The number of nitrogens with two attached hydrogens (primary N) is 1. The largest absolute Gasteiger partial charge is 0.354 e. The van der Waals surface area contributed by atoms with Crippen molar-refractivity contribution in [3.05, 3.63) is 34.9 Å². The molecule has 0 aliphatic carbocycles. The average Bonchev–Trinajstić information content (AvgIpc) is 2.17. The van der Waals surface area contributed by atoms with Crippen LogP contribution in [0.15, 0.2) is 24.3 Å². The maximum absolute atomic E-state index is 11.1. The molecule has 1 rings (SSSR count). The molecule has 1 aromatic carbocycles. The van der Waals surface area contributed by atoms with Crippen LogP contribution in [0.1, 0.15) is 12.5 Å². The predicted molar refractivity (Wildman–Crippen MR) is 61.8 cm³/mol.